The maximum Gasteiger partial charge on any atom is 0.110 e. The molecular formula is C11H21N3S. The van der Waals surface area contributed by atoms with Crippen molar-refractivity contribution in [3.8, 4) is 0 Å². The van der Waals surface area contributed by atoms with E-state index in [0.717, 1.165) is 25.2 Å². The Morgan fingerprint density at radius 1 is 1.60 bits per heavy atom. The van der Waals surface area contributed by atoms with Gasteiger partial charge < -0.3 is 10.3 Å². The highest BCUT2D eigenvalue weighted by Gasteiger charge is 2.06. The average Bonchev–Trinajstić information content (AvgIpc) is 2.66. The topological polar surface area (TPSA) is 43.8 Å². The van der Waals surface area contributed by atoms with E-state index < -0.39 is 0 Å². The smallest absolute Gasteiger partial charge is 0.110 e. The second-order valence-electron chi connectivity index (χ2n) is 3.76. The van der Waals surface area contributed by atoms with E-state index in [9.17, 15) is 0 Å². The minimum Gasteiger partial charge on any atom is -0.335 e. The van der Waals surface area contributed by atoms with Crippen LogP contribution in [0.4, 0.5) is 0 Å². The standard InChI is InChI=1S/C11H21N3S/c1-3-10(12)9-11-13-5-7-14(11)6-4-8-15-2/h5,7,10H,3-4,6,8-9,12H2,1-2H3. The van der Waals surface area contributed by atoms with Crippen LogP contribution in [0.25, 0.3) is 0 Å². The van der Waals surface area contributed by atoms with Crippen molar-refractivity contribution in [1.82, 2.24) is 9.55 Å². The molecule has 15 heavy (non-hydrogen) atoms. The van der Waals surface area contributed by atoms with Crippen molar-refractivity contribution in [3.63, 3.8) is 0 Å². The molecule has 0 saturated heterocycles. The van der Waals surface area contributed by atoms with Crippen molar-refractivity contribution < 1.29 is 0 Å². The van der Waals surface area contributed by atoms with Gasteiger partial charge >= 0.3 is 0 Å². The Morgan fingerprint density at radius 3 is 3.07 bits per heavy atom. The third kappa shape index (κ3) is 4.26. The quantitative estimate of drug-likeness (QED) is 0.724. The first kappa shape index (κ1) is 12.6. The molecule has 3 nitrogen and oxygen atoms in total. The first-order valence-electron chi connectivity index (χ1n) is 5.52. The van der Waals surface area contributed by atoms with Gasteiger partial charge in [0.2, 0.25) is 0 Å². The van der Waals surface area contributed by atoms with E-state index in [2.05, 4.69) is 28.9 Å². The molecule has 0 aliphatic heterocycles. The van der Waals surface area contributed by atoms with Crippen molar-refractivity contribution >= 4 is 11.8 Å². The molecule has 0 aliphatic carbocycles. The molecule has 2 N–H and O–H groups in total. The number of nitrogens with zero attached hydrogens (tertiary/aromatic N) is 2. The summed E-state index contributed by atoms with van der Waals surface area (Å²) in [6.45, 7) is 3.18. The molecule has 1 atom stereocenters. The summed E-state index contributed by atoms with van der Waals surface area (Å²) >= 11 is 1.89. The SMILES string of the molecule is CCC(N)Cc1nccn1CCCSC. The van der Waals surface area contributed by atoms with Gasteiger partial charge in [0.1, 0.15) is 5.82 Å². The number of nitrogens with two attached hydrogens (primary N) is 1. The van der Waals surface area contributed by atoms with E-state index in [-0.39, 0.29) is 6.04 Å². The number of thioether (sulfide) groups is 1. The molecule has 1 heterocycles. The second kappa shape index (κ2) is 6.90. The van der Waals surface area contributed by atoms with Crippen LogP contribution >= 0.6 is 11.8 Å². The highest BCUT2D eigenvalue weighted by atomic mass is 32.2. The summed E-state index contributed by atoms with van der Waals surface area (Å²) in [6.07, 6.45) is 9.17. The zero-order chi connectivity index (χ0) is 11.1. The monoisotopic (exact) mass is 227 g/mol. The lowest BCUT2D eigenvalue weighted by atomic mass is 10.1. The lowest BCUT2D eigenvalue weighted by Gasteiger charge is -2.10. The van der Waals surface area contributed by atoms with Gasteiger partial charge in [0.05, 0.1) is 0 Å². The number of imidazole rings is 1. The Hall–Kier alpha value is -0.480. The summed E-state index contributed by atoms with van der Waals surface area (Å²) in [7, 11) is 0. The summed E-state index contributed by atoms with van der Waals surface area (Å²) in [4.78, 5) is 4.36. The maximum atomic E-state index is 5.93. The van der Waals surface area contributed by atoms with Gasteiger partial charge in [0, 0.05) is 31.4 Å². The summed E-state index contributed by atoms with van der Waals surface area (Å²) in [5.41, 5.74) is 5.93. The lowest BCUT2D eigenvalue weighted by Crippen LogP contribution is -2.23. The van der Waals surface area contributed by atoms with E-state index in [0.29, 0.717) is 0 Å². The van der Waals surface area contributed by atoms with Gasteiger partial charge in [-0.1, -0.05) is 6.92 Å². The number of hydrogen-bond donors (Lipinski definition) is 1. The van der Waals surface area contributed by atoms with Crippen LogP contribution in [0.3, 0.4) is 0 Å². The predicted molar refractivity (Wildman–Crippen MR) is 67.2 cm³/mol. The Bertz CT molecular complexity index is 273. The number of rotatable bonds is 7. The van der Waals surface area contributed by atoms with Crippen molar-refractivity contribution in [2.75, 3.05) is 12.0 Å². The second-order valence-corrected chi connectivity index (χ2v) is 4.74. The van der Waals surface area contributed by atoms with E-state index >= 15 is 0 Å². The minimum atomic E-state index is 0.242. The number of aromatic nitrogens is 2. The molecule has 1 aromatic rings. The molecule has 1 rings (SSSR count). The van der Waals surface area contributed by atoms with Gasteiger partial charge in [-0.2, -0.15) is 11.8 Å². The fourth-order valence-corrected chi connectivity index (χ4v) is 1.91. The largest absolute Gasteiger partial charge is 0.335 e. The fraction of sp³-hybridized carbons (Fsp3) is 0.727. The summed E-state index contributed by atoms with van der Waals surface area (Å²) < 4.78 is 2.23. The van der Waals surface area contributed by atoms with Crippen molar-refractivity contribution in [1.29, 1.82) is 0 Å². The Labute approximate surface area is 96.5 Å². The Morgan fingerprint density at radius 2 is 2.40 bits per heavy atom. The van der Waals surface area contributed by atoms with E-state index in [4.69, 9.17) is 5.73 Å². The first-order valence-corrected chi connectivity index (χ1v) is 6.91. The van der Waals surface area contributed by atoms with Crippen LogP contribution in [-0.2, 0) is 13.0 Å². The molecule has 86 valence electrons. The molecule has 0 aromatic carbocycles. The molecule has 0 fully saturated rings. The highest BCUT2D eigenvalue weighted by molar-refractivity contribution is 7.98. The molecule has 0 amide bonds. The van der Waals surface area contributed by atoms with Crippen LogP contribution in [-0.4, -0.2) is 27.6 Å². The summed E-state index contributed by atoms with van der Waals surface area (Å²) in [5, 5.41) is 0. The van der Waals surface area contributed by atoms with E-state index in [1.54, 1.807) is 0 Å². The van der Waals surface area contributed by atoms with Crippen LogP contribution in [0.2, 0.25) is 0 Å². The van der Waals surface area contributed by atoms with Crippen molar-refractivity contribution in [2.45, 2.75) is 38.8 Å². The van der Waals surface area contributed by atoms with Gasteiger partial charge in [-0.25, -0.2) is 4.98 Å². The van der Waals surface area contributed by atoms with Gasteiger partial charge in [0.15, 0.2) is 0 Å². The predicted octanol–water partition coefficient (Wildman–Crippen LogP) is 1.92. The summed E-state index contributed by atoms with van der Waals surface area (Å²) in [5.74, 6) is 2.34. The van der Waals surface area contributed by atoms with Crippen LogP contribution in [0, 0.1) is 0 Å². The van der Waals surface area contributed by atoms with Crippen molar-refractivity contribution in [2.24, 2.45) is 5.73 Å². The third-order valence-electron chi connectivity index (χ3n) is 2.52. The zero-order valence-corrected chi connectivity index (χ0v) is 10.5. The van der Waals surface area contributed by atoms with Crippen LogP contribution in [0.5, 0.6) is 0 Å². The molecule has 0 spiro atoms. The normalized spacial score (nSPS) is 13.0. The fourth-order valence-electron chi connectivity index (χ4n) is 1.49. The number of aryl methyl sites for hydroxylation is 1. The molecule has 4 heteroatoms. The zero-order valence-electron chi connectivity index (χ0n) is 9.65. The highest BCUT2D eigenvalue weighted by Crippen LogP contribution is 2.05. The Kier molecular flexibility index (Phi) is 5.79. The van der Waals surface area contributed by atoms with Crippen molar-refractivity contribution in [3.05, 3.63) is 18.2 Å². The van der Waals surface area contributed by atoms with E-state index in [1.165, 1.54) is 12.2 Å². The average molecular weight is 227 g/mol. The third-order valence-corrected chi connectivity index (χ3v) is 3.22. The molecule has 0 radical (unpaired) electrons. The minimum absolute atomic E-state index is 0.242. The molecule has 1 aromatic heterocycles. The first-order chi connectivity index (χ1) is 7.27. The molecule has 0 aliphatic rings. The Balaban J connectivity index is 2.45. The van der Waals surface area contributed by atoms with Crippen LogP contribution < -0.4 is 5.73 Å². The molecule has 1 unspecified atom stereocenters. The molecule has 0 saturated carbocycles. The molecular weight excluding hydrogens is 206 g/mol. The van der Waals surface area contributed by atoms with E-state index in [1.807, 2.05) is 18.0 Å². The van der Waals surface area contributed by atoms with Crippen LogP contribution in [0.15, 0.2) is 12.4 Å². The van der Waals surface area contributed by atoms with Gasteiger partial charge in [0.25, 0.3) is 0 Å². The number of hydrogen-bond acceptors (Lipinski definition) is 3. The molecule has 0 bridgehead atoms. The van der Waals surface area contributed by atoms with Gasteiger partial charge in [-0.05, 0) is 24.9 Å². The summed E-state index contributed by atoms with van der Waals surface area (Å²) in [6, 6.07) is 0.242. The van der Waals surface area contributed by atoms with Gasteiger partial charge in [-0.15, -0.1) is 0 Å². The van der Waals surface area contributed by atoms with Crippen LogP contribution in [0.1, 0.15) is 25.6 Å². The lowest BCUT2D eigenvalue weighted by molar-refractivity contribution is 0.576. The van der Waals surface area contributed by atoms with Gasteiger partial charge in [-0.3, -0.25) is 0 Å². The maximum absolute atomic E-state index is 5.93.